The molecule has 0 N–H and O–H groups in total. The van der Waals surface area contributed by atoms with Crippen molar-refractivity contribution in [3.63, 3.8) is 0 Å². The zero-order chi connectivity index (χ0) is 17.0. The molecule has 1 unspecified atom stereocenters. The predicted molar refractivity (Wildman–Crippen MR) is 105 cm³/mol. The Bertz CT molecular complexity index is 454. The predicted octanol–water partition coefficient (Wildman–Crippen LogP) is 5.80. The highest BCUT2D eigenvalue weighted by Gasteiger charge is 2.25. The van der Waals surface area contributed by atoms with E-state index in [0.29, 0.717) is 6.17 Å². The maximum Gasteiger partial charge on any atom is 0.105 e. The van der Waals surface area contributed by atoms with E-state index in [2.05, 4.69) is 66.4 Å². The molecule has 24 heavy (non-hydrogen) atoms. The minimum Gasteiger partial charge on any atom is -0.356 e. The molecule has 2 rings (SSSR count). The lowest BCUT2D eigenvalue weighted by atomic mass is 10.1. The van der Waals surface area contributed by atoms with Crippen molar-refractivity contribution in [2.75, 3.05) is 13.1 Å². The molecule has 1 heterocycles. The summed E-state index contributed by atoms with van der Waals surface area (Å²) >= 11 is 0. The third-order valence-electron chi connectivity index (χ3n) is 4.98. The molecule has 134 valence electrons. The fourth-order valence-corrected chi connectivity index (χ4v) is 3.58. The summed E-state index contributed by atoms with van der Waals surface area (Å²) in [7, 11) is 0. The second-order valence-electron chi connectivity index (χ2n) is 7.07. The van der Waals surface area contributed by atoms with Gasteiger partial charge in [-0.25, -0.2) is 0 Å². The summed E-state index contributed by atoms with van der Waals surface area (Å²) in [6.07, 6.45) is 17.1. The molecule has 0 bridgehead atoms. The summed E-state index contributed by atoms with van der Waals surface area (Å²) in [4.78, 5) is 5.09. The van der Waals surface area contributed by atoms with Gasteiger partial charge in [-0.3, -0.25) is 0 Å². The molecule has 1 atom stereocenters. The topological polar surface area (TPSA) is 6.48 Å². The monoisotopic (exact) mass is 328 g/mol. The number of nitrogens with zero attached hydrogens (tertiary/aromatic N) is 2. The van der Waals surface area contributed by atoms with E-state index in [1.807, 2.05) is 0 Å². The Morgan fingerprint density at radius 1 is 0.708 bits per heavy atom. The van der Waals surface area contributed by atoms with E-state index in [4.69, 9.17) is 0 Å². The molecular formula is C22H36N2. The molecule has 1 aromatic rings. The molecule has 0 aliphatic carbocycles. The quantitative estimate of drug-likeness (QED) is 0.447. The van der Waals surface area contributed by atoms with Gasteiger partial charge in [0, 0.05) is 31.9 Å². The van der Waals surface area contributed by atoms with Crippen LogP contribution in [0.5, 0.6) is 0 Å². The molecule has 0 aromatic heterocycles. The Morgan fingerprint density at radius 2 is 1.33 bits per heavy atom. The SMILES string of the molecule is CCCCCCCCCN1C=CN(CCC)C1Cc1ccccc1. The third-order valence-corrected chi connectivity index (χ3v) is 4.98. The molecule has 0 radical (unpaired) electrons. The normalized spacial score (nSPS) is 17.0. The maximum absolute atomic E-state index is 2.56. The maximum atomic E-state index is 2.56. The Morgan fingerprint density at radius 3 is 2.00 bits per heavy atom. The minimum absolute atomic E-state index is 0.507. The molecule has 0 spiro atoms. The Labute approximate surface area is 149 Å². The number of hydrogen-bond donors (Lipinski definition) is 0. The fraction of sp³-hybridized carbons (Fsp3) is 0.636. The standard InChI is InChI=1S/C22H36N2/c1-3-5-6-7-8-9-13-17-24-19-18-23(16-4-2)22(24)20-21-14-11-10-12-15-21/h10-12,14-15,18-19,22H,3-9,13,16-17,20H2,1-2H3. The first kappa shape index (κ1) is 18.9. The van der Waals surface area contributed by atoms with E-state index in [9.17, 15) is 0 Å². The largest absolute Gasteiger partial charge is 0.356 e. The Hall–Kier alpha value is -1.44. The van der Waals surface area contributed by atoms with E-state index in [-0.39, 0.29) is 0 Å². The molecule has 2 nitrogen and oxygen atoms in total. The Balaban J connectivity index is 1.77. The van der Waals surface area contributed by atoms with E-state index in [1.54, 1.807) is 0 Å². The molecule has 1 aliphatic heterocycles. The van der Waals surface area contributed by atoms with E-state index in [1.165, 1.54) is 63.5 Å². The van der Waals surface area contributed by atoms with Gasteiger partial charge in [0.1, 0.15) is 6.17 Å². The van der Waals surface area contributed by atoms with Crippen molar-refractivity contribution in [2.24, 2.45) is 0 Å². The van der Waals surface area contributed by atoms with E-state index >= 15 is 0 Å². The molecule has 1 aliphatic rings. The van der Waals surface area contributed by atoms with Crippen LogP contribution in [0.3, 0.4) is 0 Å². The highest BCUT2D eigenvalue weighted by atomic mass is 15.4. The zero-order valence-electron chi connectivity index (χ0n) is 15.8. The van der Waals surface area contributed by atoms with Crippen molar-refractivity contribution in [1.29, 1.82) is 0 Å². The highest BCUT2D eigenvalue weighted by molar-refractivity contribution is 5.17. The average Bonchev–Trinajstić information content (AvgIpc) is 2.97. The van der Waals surface area contributed by atoms with Crippen LogP contribution in [-0.2, 0) is 6.42 Å². The van der Waals surface area contributed by atoms with Gasteiger partial charge in [-0.2, -0.15) is 0 Å². The fourth-order valence-electron chi connectivity index (χ4n) is 3.58. The summed E-state index contributed by atoms with van der Waals surface area (Å²) in [5.41, 5.74) is 1.44. The van der Waals surface area contributed by atoms with E-state index in [0.717, 1.165) is 13.0 Å². The number of rotatable bonds is 12. The van der Waals surface area contributed by atoms with Crippen LogP contribution in [0.2, 0.25) is 0 Å². The molecular weight excluding hydrogens is 292 g/mol. The van der Waals surface area contributed by atoms with Crippen LogP contribution in [0.4, 0.5) is 0 Å². The number of hydrogen-bond acceptors (Lipinski definition) is 2. The molecule has 0 saturated carbocycles. The van der Waals surface area contributed by atoms with Crippen LogP contribution < -0.4 is 0 Å². The van der Waals surface area contributed by atoms with Crippen molar-refractivity contribution in [2.45, 2.75) is 77.8 Å². The molecule has 1 aromatic carbocycles. The first-order chi connectivity index (χ1) is 11.8. The third kappa shape index (κ3) is 6.22. The van der Waals surface area contributed by atoms with Gasteiger partial charge in [-0.1, -0.05) is 82.7 Å². The van der Waals surface area contributed by atoms with Crippen LogP contribution in [0.15, 0.2) is 42.7 Å². The second-order valence-corrected chi connectivity index (χ2v) is 7.07. The van der Waals surface area contributed by atoms with Crippen molar-refractivity contribution >= 4 is 0 Å². The van der Waals surface area contributed by atoms with Crippen LogP contribution in [0.25, 0.3) is 0 Å². The van der Waals surface area contributed by atoms with Gasteiger partial charge in [-0.05, 0) is 18.4 Å². The van der Waals surface area contributed by atoms with Gasteiger partial charge in [0.2, 0.25) is 0 Å². The lowest BCUT2D eigenvalue weighted by molar-refractivity contribution is 0.150. The van der Waals surface area contributed by atoms with Crippen molar-refractivity contribution in [3.05, 3.63) is 48.3 Å². The summed E-state index contributed by atoms with van der Waals surface area (Å²) in [6, 6.07) is 10.9. The highest BCUT2D eigenvalue weighted by Crippen LogP contribution is 2.21. The van der Waals surface area contributed by atoms with Crippen molar-refractivity contribution < 1.29 is 0 Å². The van der Waals surface area contributed by atoms with Gasteiger partial charge in [0.15, 0.2) is 0 Å². The van der Waals surface area contributed by atoms with Gasteiger partial charge in [0.05, 0.1) is 0 Å². The average molecular weight is 329 g/mol. The summed E-state index contributed by atoms with van der Waals surface area (Å²) < 4.78 is 0. The smallest absolute Gasteiger partial charge is 0.105 e. The molecule has 0 amide bonds. The Kier molecular flexibility index (Phi) is 8.80. The van der Waals surface area contributed by atoms with E-state index < -0.39 is 0 Å². The van der Waals surface area contributed by atoms with Gasteiger partial charge >= 0.3 is 0 Å². The first-order valence-electron chi connectivity index (χ1n) is 10.1. The second kappa shape index (κ2) is 11.2. The van der Waals surface area contributed by atoms with Gasteiger partial charge in [0.25, 0.3) is 0 Å². The van der Waals surface area contributed by atoms with Crippen LogP contribution >= 0.6 is 0 Å². The van der Waals surface area contributed by atoms with Crippen LogP contribution in [-0.4, -0.2) is 29.1 Å². The number of unbranched alkanes of at least 4 members (excludes halogenated alkanes) is 6. The first-order valence-corrected chi connectivity index (χ1v) is 10.1. The molecule has 2 heteroatoms. The summed E-state index contributed by atoms with van der Waals surface area (Å²) in [5.74, 6) is 0. The zero-order valence-corrected chi connectivity index (χ0v) is 15.8. The lowest BCUT2D eigenvalue weighted by Gasteiger charge is -2.33. The van der Waals surface area contributed by atoms with Gasteiger partial charge < -0.3 is 9.80 Å². The van der Waals surface area contributed by atoms with Crippen molar-refractivity contribution in [3.8, 4) is 0 Å². The number of benzene rings is 1. The molecule has 0 fully saturated rings. The summed E-state index contributed by atoms with van der Waals surface area (Å²) in [5, 5.41) is 0. The van der Waals surface area contributed by atoms with Gasteiger partial charge in [-0.15, -0.1) is 0 Å². The van der Waals surface area contributed by atoms with Crippen molar-refractivity contribution in [1.82, 2.24) is 9.80 Å². The van der Waals surface area contributed by atoms with Crippen LogP contribution in [0, 0.1) is 0 Å². The lowest BCUT2D eigenvalue weighted by Crippen LogP contribution is -2.41. The van der Waals surface area contributed by atoms with Crippen LogP contribution in [0.1, 0.15) is 70.8 Å². The minimum atomic E-state index is 0.507. The molecule has 0 saturated heterocycles. The summed E-state index contributed by atoms with van der Waals surface area (Å²) in [6.45, 7) is 6.91.